The zero-order valence-electron chi connectivity index (χ0n) is 13.5. The van der Waals surface area contributed by atoms with Crippen molar-refractivity contribution in [1.82, 2.24) is 4.90 Å². The highest BCUT2D eigenvalue weighted by Gasteiger charge is 2.28. The van der Waals surface area contributed by atoms with Crippen molar-refractivity contribution in [2.24, 2.45) is 0 Å². The highest BCUT2D eigenvalue weighted by molar-refractivity contribution is 7.07. The number of morpholine rings is 1. The summed E-state index contributed by atoms with van der Waals surface area (Å²) in [6.07, 6.45) is -0.285. The van der Waals surface area contributed by atoms with Crippen LogP contribution in [0.5, 0.6) is 5.75 Å². The summed E-state index contributed by atoms with van der Waals surface area (Å²) in [6.45, 7) is 4.33. The lowest BCUT2D eigenvalue weighted by Gasteiger charge is -2.37. The number of hydrogen-bond donors (Lipinski definition) is 1. The SMILES string of the molecule is COc1cccc(C(O)CN2CC(C)OC(c3ccsc3)C2)c1. The first-order valence-electron chi connectivity index (χ1n) is 7.87. The lowest BCUT2D eigenvalue weighted by Crippen LogP contribution is -2.44. The minimum absolute atomic E-state index is 0.0857. The molecule has 1 saturated heterocycles. The Morgan fingerprint density at radius 2 is 2.26 bits per heavy atom. The van der Waals surface area contributed by atoms with Gasteiger partial charge in [-0.1, -0.05) is 12.1 Å². The highest BCUT2D eigenvalue weighted by atomic mass is 32.1. The number of aliphatic hydroxyl groups is 1. The van der Waals surface area contributed by atoms with Crippen molar-refractivity contribution in [3.63, 3.8) is 0 Å². The lowest BCUT2D eigenvalue weighted by atomic mass is 10.1. The zero-order valence-corrected chi connectivity index (χ0v) is 14.3. The quantitative estimate of drug-likeness (QED) is 0.912. The smallest absolute Gasteiger partial charge is 0.119 e. The van der Waals surface area contributed by atoms with Crippen LogP contribution in [0.15, 0.2) is 41.1 Å². The molecule has 0 radical (unpaired) electrons. The maximum absolute atomic E-state index is 10.6. The molecular formula is C18H23NO3S. The fourth-order valence-corrected chi connectivity index (χ4v) is 3.73. The molecule has 4 nitrogen and oxygen atoms in total. The Labute approximate surface area is 141 Å². The molecule has 0 saturated carbocycles. The molecule has 2 heterocycles. The van der Waals surface area contributed by atoms with E-state index in [1.54, 1.807) is 18.4 Å². The first-order valence-corrected chi connectivity index (χ1v) is 8.82. The summed E-state index contributed by atoms with van der Waals surface area (Å²) in [5.74, 6) is 0.771. The molecular weight excluding hydrogens is 310 g/mol. The van der Waals surface area contributed by atoms with Gasteiger partial charge in [-0.05, 0) is 47.0 Å². The Kier molecular flexibility index (Phi) is 5.33. The first-order chi connectivity index (χ1) is 11.2. The van der Waals surface area contributed by atoms with Crippen molar-refractivity contribution in [3.05, 3.63) is 52.2 Å². The monoisotopic (exact) mass is 333 g/mol. The van der Waals surface area contributed by atoms with Gasteiger partial charge in [-0.2, -0.15) is 11.3 Å². The van der Waals surface area contributed by atoms with E-state index in [-0.39, 0.29) is 12.2 Å². The Bertz CT molecular complexity index is 616. The van der Waals surface area contributed by atoms with Crippen LogP contribution < -0.4 is 4.74 Å². The largest absolute Gasteiger partial charge is 0.497 e. The molecule has 5 heteroatoms. The van der Waals surface area contributed by atoms with Crippen molar-refractivity contribution in [1.29, 1.82) is 0 Å². The van der Waals surface area contributed by atoms with Crippen molar-refractivity contribution in [2.75, 3.05) is 26.7 Å². The summed E-state index contributed by atoms with van der Waals surface area (Å²) in [7, 11) is 1.64. The van der Waals surface area contributed by atoms with Gasteiger partial charge in [0.05, 0.1) is 25.4 Å². The fourth-order valence-electron chi connectivity index (χ4n) is 3.03. The molecule has 1 aromatic carbocycles. The number of thiophene rings is 1. The molecule has 1 aliphatic rings. The number of β-amino-alcohol motifs (C(OH)–C–C–N with tert-alkyl or cyclic N) is 1. The van der Waals surface area contributed by atoms with Crippen LogP contribution in [0.25, 0.3) is 0 Å². The molecule has 1 aliphatic heterocycles. The third-order valence-corrected chi connectivity index (χ3v) is 4.86. The summed E-state index contributed by atoms with van der Waals surface area (Å²) in [5, 5.41) is 14.8. The summed E-state index contributed by atoms with van der Waals surface area (Å²) < 4.78 is 11.3. The Morgan fingerprint density at radius 3 is 3.00 bits per heavy atom. The van der Waals surface area contributed by atoms with Gasteiger partial charge in [-0.25, -0.2) is 0 Å². The summed E-state index contributed by atoms with van der Waals surface area (Å²) >= 11 is 1.69. The Morgan fingerprint density at radius 1 is 1.39 bits per heavy atom. The van der Waals surface area contributed by atoms with E-state index in [2.05, 4.69) is 28.7 Å². The summed E-state index contributed by atoms with van der Waals surface area (Å²) in [4.78, 5) is 2.28. The molecule has 0 spiro atoms. The van der Waals surface area contributed by atoms with Crippen LogP contribution in [0.4, 0.5) is 0 Å². The van der Waals surface area contributed by atoms with Crippen LogP contribution in [0.2, 0.25) is 0 Å². The molecule has 0 aliphatic carbocycles. The molecule has 1 fully saturated rings. The molecule has 23 heavy (non-hydrogen) atoms. The van der Waals surface area contributed by atoms with E-state index < -0.39 is 6.10 Å². The van der Waals surface area contributed by atoms with Gasteiger partial charge in [0.25, 0.3) is 0 Å². The van der Waals surface area contributed by atoms with Crippen molar-refractivity contribution < 1.29 is 14.6 Å². The maximum Gasteiger partial charge on any atom is 0.119 e. The molecule has 0 bridgehead atoms. The van der Waals surface area contributed by atoms with Crippen LogP contribution >= 0.6 is 11.3 Å². The zero-order chi connectivity index (χ0) is 16.2. The summed E-state index contributed by atoms with van der Waals surface area (Å²) in [5.41, 5.74) is 2.11. The predicted octanol–water partition coefficient (Wildman–Crippen LogP) is 3.25. The first kappa shape index (κ1) is 16.5. The second-order valence-corrected chi connectivity index (χ2v) is 6.78. The highest BCUT2D eigenvalue weighted by Crippen LogP contribution is 2.28. The van der Waals surface area contributed by atoms with E-state index >= 15 is 0 Å². The number of rotatable bonds is 5. The van der Waals surface area contributed by atoms with Gasteiger partial charge in [-0.3, -0.25) is 4.90 Å². The fraction of sp³-hybridized carbons (Fsp3) is 0.444. The average Bonchev–Trinajstić information content (AvgIpc) is 3.09. The third kappa shape index (κ3) is 4.12. The molecule has 1 N–H and O–H groups in total. The molecule has 3 unspecified atom stereocenters. The Balaban J connectivity index is 1.66. The van der Waals surface area contributed by atoms with Crippen LogP contribution in [0.3, 0.4) is 0 Å². The normalized spacial score (nSPS) is 23.6. The van der Waals surface area contributed by atoms with E-state index in [0.717, 1.165) is 24.4 Å². The number of benzene rings is 1. The van der Waals surface area contributed by atoms with Crippen LogP contribution in [-0.2, 0) is 4.74 Å². The number of aliphatic hydroxyl groups excluding tert-OH is 1. The third-order valence-electron chi connectivity index (χ3n) is 4.16. The van der Waals surface area contributed by atoms with Crippen LogP contribution in [0.1, 0.15) is 30.3 Å². The van der Waals surface area contributed by atoms with Gasteiger partial charge in [0, 0.05) is 19.6 Å². The van der Waals surface area contributed by atoms with Crippen LogP contribution in [-0.4, -0.2) is 42.9 Å². The van der Waals surface area contributed by atoms with Gasteiger partial charge < -0.3 is 14.6 Å². The van der Waals surface area contributed by atoms with E-state index in [9.17, 15) is 5.11 Å². The second-order valence-electron chi connectivity index (χ2n) is 6.00. The van der Waals surface area contributed by atoms with Gasteiger partial charge in [0.2, 0.25) is 0 Å². The number of nitrogens with zero attached hydrogens (tertiary/aromatic N) is 1. The van der Waals surface area contributed by atoms with Gasteiger partial charge >= 0.3 is 0 Å². The van der Waals surface area contributed by atoms with E-state index in [1.807, 2.05) is 24.3 Å². The topological polar surface area (TPSA) is 41.9 Å². The average molecular weight is 333 g/mol. The van der Waals surface area contributed by atoms with Gasteiger partial charge in [0.1, 0.15) is 5.75 Å². The van der Waals surface area contributed by atoms with Gasteiger partial charge in [0.15, 0.2) is 0 Å². The Hall–Kier alpha value is -1.40. The van der Waals surface area contributed by atoms with Crippen molar-refractivity contribution in [3.8, 4) is 5.75 Å². The van der Waals surface area contributed by atoms with E-state index in [1.165, 1.54) is 5.56 Å². The number of ether oxygens (including phenoxy) is 2. The minimum Gasteiger partial charge on any atom is -0.497 e. The minimum atomic E-state index is -0.529. The van der Waals surface area contributed by atoms with E-state index in [4.69, 9.17) is 9.47 Å². The predicted molar refractivity (Wildman–Crippen MR) is 92.0 cm³/mol. The lowest BCUT2D eigenvalue weighted by molar-refractivity contribution is -0.0868. The molecule has 124 valence electrons. The summed E-state index contributed by atoms with van der Waals surface area (Å²) in [6, 6.07) is 9.75. The van der Waals surface area contributed by atoms with Gasteiger partial charge in [-0.15, -0.1) is 0 Å². The number of methoxy groups -OCH3 is 1. The molecule has 0 amide bonds. The molecule has 1 aromatic heterocycles. The maximum atomic E-state index is 10.6. The van der Waals surface area contributed by atoms with Crippen molar-refractivity contribution in [2.45, 2.75) is 25.2 Å². The molecule has 3 rings (SSSR count). The van der Waals surface area contributed by atoms with Crippen LogP contribution in [0, 0.1) is 0 Å². The molecule has 3 atom stereocenters. The second kappa shape index (κ2) is 7.45. The standard InChI is InChI=1S/C18H23NO3S/c1-13-9-19(11-18(22-13)15-6-7-23-12-15)10-17(20)14-4-3-5-16(8-14)21-2/h3-8,12-13,17-18,20H,9-11H2,1-2H3. The van der Waals surface area contributed by atoms with E-state index in [0.29, 0.717) is 6.54 Å². The molecule has 2 aromatic rings. The van der Waals surface area contributed by atoms with Crippen molar-refractivity contribution >= 4 is 11.3 Å². The number of hydrogen-bond acceptors (Lipinski definition) is 5.